The number of carbonyl (C=O) groups excluding carboxylic acids is 2. The van der Waals surface area contributed by atoms with E-state index in [0.29, 0.717) is 97.3 Å². The van der Waals surface area contributed by atoms with Gasteiger partial charge in [0.05, 0.1) is 112 Å². The predicted octanol–water partition coefficient (Wildman–Crippen LogP) is 3.85. The molecule has 0 aromatic heterocycles. The highest BCUT2D eigenvalue weighted by Crippen LogP contribution is 2.29. The van der Waals surface area contributed by atoms with Crippen LogP contribution in [0.3, 0.4) is 0 Å². The molecule has 0 spiro atoms. The van der Waals surface area contributed by atoms with Gasteiger partial charge in [0.15, 0.2) is 0 Å². The van der Waals surface area contributed by atoms with Gasteiger partial charge < -0.3 is 52.7 Å². The highest BCUT2D eigenvalue weighted by atomic mass is 19.2. The molecule has 2 aromatic carbocycles. The van der Waals surface area contributed by atoms with Gasteiger partial charge in [-0.2, -0.15) is 8.78 Å². The molecule has 0 atom stereocenters. The van der Waals surface area contributed by atoms with Crippen LogP contribution in [-0.2, 0) is 47.5 Å². The first-order valence-electron chi connectivity index (χ1n) is 16.0. The number of rotatable bonds is 30. The van der Waals surface area contributed by atoms with Gasteiger partial charge in [-0.15, -0.1) is 0 Å². The number of nitrogens with one attached hydrogen (secondary N) is 1. The van der Waals surface area contributed by atoms with E-state index in [9.17, 15) is 31.5 Å². The molecule has 0 aliphatic rings. The summed E-state index contributed by atoms with van der Waals surface area (Å²) in [5, 5.41) is 2.69. The number of hydrogen-bond donors (Lipinski definition) is 1. The second-order valence-corrected chi connectivity index (χ2v) is 10.1. The highest BCUT2D eigenvalue weighted by Gasteiger charge is 2.28. The lowest BCUT2D eigenvalue weighted by molar-refractivity contribution is -0.136. The maximum atomic E-state index is 13.5. The molecule has 0 bridgehead atoms. The van der Waals surface area contributed by atoms with Gasteiger partial charge in [0.25, 0.3) is 0 Å². The maximum Gasteiger partial charge on any atom is 0.313 e. The van der Waals surface area contributed by atoms with Crippen LogP contribution in [-0.4, -0.2) is 124 Å². The minimum Gasteiger partial charge on any atom is -0.491 e. The minimum absolute atomic E-state index is 0.0760. The summed E-state index contributed by atoms with van der Waals surface area (Å²) in [7, 11) is 0. The Labute approximate surface area is 292 Å². The molecule has 1 N–H and O–H groups in total. The fraction of sp³-hybridized carbons (Fsp3) is 0.576. The normalized spacial score (nSPS) is 11.2. The zero-order chi connectivity index (χ0) is 37.1. The summed E-state index contributed by atoms with van der Waals surface area (Å²) in [5.41, 5.74) is 0.706. The molecule has 0 aliphatic carbocycles. The predicted molar refractivity (Wildman–Crippen MR) is 169 cm³/mol. The van der Waals surface area contributed by atoms with E-state index in [4.69, 9.17) is 42.6 Å². The fourth-order valence-corrected chi connectivity index (χ4v) is 3.69. The van der Waals surface area contributed by atoms with Crippen molar-refractivity contribution < 1.29 is 78.9 Å². The van der Waals surface area contributed by atoms with E-state index in [0.717, 1.165) is 0 Å². The standard InChI is InChI=1S/C33H44F5NO12/c1-24(40)39-25-2-4-26(5-3-25)50-23-22-49-21-20-48-19-18-47-17-16-46-15-14-45-13-12-44-11-10-43-9-8-42-7-6-27(41)51-33-31(37)29(35)28(34)30(36)32(33)38/h2-5H,6-23H2,1H3,(H,39,40). The van der Waals surface area contributed by atoms with Crippen molar-refractivity contribution >= 4 is 17.6 Å². The summed E-state index contributed by atoms with van der Waals surface area (Å²) in [4.78, 5) is 22.7. The van der Waals surface area contributed by atoms with Crippen molar-refractivity contribution in [3.05, 3.63) is 53.4 Å². The van der Waals surface area contributed by atoms with Crippen molar-refractivity contribution in [2.24, 2.45) is 0 Å². The minimum atomic E-state index is -2.35. The van der Waals surface area contributed by atoms with Crippen LogP contribution in [0.1, 0.15) is 13.3 Å². The lowest BCUT2D eigenvalue weighted by atomic mass is 10.2. The number of hydrogen-bond acceptors (Lipinski definition) is 12. The van der Waals surface area contributed by atoms with Crippen LogP contribution in [0.25, 0.3) is 0 Å². The van der Waals surface area contributed by atoms with Crippen LogP contribution in [0.15, 0.2) is 24.3 Å². The third-order valence-electron chi connectivity index (χ3n) is 6.11. The number of esters is 1. The number of ether oxygens (including phenoxy) is 10. The van der Waals surface area contributed by atoms with Crippen molar-refractivity contribution in [1.29, 1.82) is 0 Å². The molecule has 18 heteroatoms. The molecule has 0 aliphatic heterocycles. The molecule has 288 valence electrons. The molecule has 2 rings (SSSR count). The van der Waals surface area contributed by atoms with Gasteiger partial charge in [-0.05, 0) is 24.3 Å². The van der Waals surface area contributed by atoms with E-state index in [1.165, 1.54) is 6.92 Å². The van der Waals surface area contributed by atoms with Gasteiger partial charge in [0, 0.05) is 12.6 Å². The Morgan fingerprint density at radius 3 is 1.20 bits per heavy atom. The average molecular weight is 742 g/mol. The topological polar surface area (TPSA) is 138 Å². The lowest BCUT2D eigenvalue weighted by Crippen LogP contribution is -2.16. The summed E-state index contributed by atoms with van der Waals surface area (Å²) >= 11 is 0. The first-order valence-corrected chi connectivity index (χ1v) is 16.0. The van der Waals surface area contributed by atoms with E-state index in [1.807, 2.05) is 0 Å². The molecular weight excluding hydrogens is 697 g/mol. The first-order chi connectivity index (χ1) is 24.7. The second-order valence-electron chi connectivity index (χ2n) is 10.1. The Morgan fingerprint density at radius 1 is 0.490 bits per heavy atom. The maximum absolute atomic E-state index is 13.5. The van der Waals surface area contributed by atoms with Crippen molar-refractivity contribution in [3.8, 4) is 11.5 Å². The van der Waals surface area contributed by atoms with Crippen molar-refractivity contribution in [3.63, 3.8) is 0 Å². The number of halogens is 5. The van der Waals surface area contributed by atoms with Crippen LogP contribution < -0.4 is 14.8 Å². The van der Waals surface area contributed by atoms with Gasteiger partial charge in [0.1, 0.15) is 12.4 Å². The van der Waals surface area contributed by atoms with Crippen molar-refractivity contribution in [2.45, 2.75) is 13.3 Å². The summed E-state index contributed by atoms with van der Waals surface area (Å²) in [5.74, 6) is -13.6. The summed E-state index contributed by atoms with van der Waals surface area (Å²) in [6.07, 6.45) is -0.491. The Morgan fingerprint density at radius 2 is 0.824 bits per heavy atom. The number of anilines is 1. The van der Waals surface area contributed by atoms with Gasteiger partial charge in [-0.3, -0.25) is 9.59 Å². The smallest absolute Gasteiger partial charge is 0.313 e. The molecule has 51 heavy (non-hydrogen) atoms. The summed E-state index contributed by atoms with van der Waals surface area (Å²) in [6, 6.07) is 7.07. The highest BCUT2D eigenvalue weighted by molar-refractivity contribution is 5.88. The Hall–Kier alpha value is -3.49. The molecule has 0 radical (unpaired) electrons. The zero-order valence-corrected chi connectivity index (χ0v) is 28.3. The molecule has 13 nitrogen and oxygen atoms in total. The molecule has 0 unspecified atom stereocenters. The van der Waals surface area contributed by atoms with Crippen molar-refractivity contribution in [1.82, 2.24) is 0 Å². The van der Waals surface area contributed by atoms with Crippen LogP contribution >= 0.6 is 0 Å². The van der Waals surface area contributed by atoms with E-state index in [1.54, 1.807) is 24.3 Å². The zero-order valence-electron chi connectivity index (χ0n) is 28.3. The Balaban J connectivity index is 1.25. The number of amides is 1. The van der Waals surface area contributed by atoms with Gasteiger partial charge >= 0.3 is 5.97 Å². The van der Waals surface area contributed by atoms with Crippen molar-refractivity contribution in [2.75, 3.05) is 118 Å². The van der Waals surface area contributed by atoms with E-state index >= 15 is 0 Å². The largest absolute Gasteiger partial charge is 0.491 e. The monoisotopic (exact) mass is 741 g/mol. The third-order valence-corrected chi connectivity index (χ3v) is 6.11. The van der Waals surface area contributed by atoms with E-state index in [-0.39, 0.29) is 32.3 Å². The van der Waals surface area contributed by atoms with Crippen LogP contribution in [0.5, 0.6) is 11.5 Å². The molecule has 0 heterocycles. The molecule has 0 saturated heterocycles. The van der Waals surface area contributed by atoms with E-state index < -0.39 is 47.2 Å². The van der Waals surface area contributed by atoms with Gasteiger partial charge in [-0.1, -0.05) is 0 Å². The van der Waals surface area contributed by atoms with Gasteiger partial charge in [-0.25, -0.2) is 13.2 Å². The average Bonchev–Trinajstić information content (AvgIpc) is 3.11. The number of benzene rings is 2. The summed E-state index contributed by atoms with van der Waals surface area (Å²) < 4.78 is 119. The quantitative estimate of drug-likeness (QED) is 0.0311. The van der Waals surface area contributed by atoms with Gasteiger partial charge in [0.2, 0.25) is 40.7 Å². The third kappa shape index (κ3) is 19.6. The lowest BCUT2D eigenvalue weighted by Gasteiger charge is -2.09. The van der Waals surface area contributed by atoms with Crippen LogP contribution in [0.4, 0.5) is 27.6 Å². The second kappa shape index (κ2) is 27.2. The number of carbonyl (C=O) groups is 2. The molecule has 1 amide bonds. The summed E-state index contributed by atoms with van der Waals surface area (Å²) in [6.45, 7) is 6.94. The fourth-order valence-electron chi connectivity index (χ4n) is 3.69. The first kappa shape index (κ1) is 43.7. The van der Waals surface area contributed by atoms with Crippen LogP contribution in [0, 0.1) is 29.1 Å². The SMILES string of the molecule is CC(=O)Nc1ccc(OCCOCCOCCOCCOCCOCCOCCOCCOCCC(=O)Oc2c(F)c(F)c(F)c(F)c2F)cc1. The Kier molecular flexibility index (Phi) is 23.3. The van der Waals surface area contributed by atoms with Crippen LogP contribution in [0.2, 0.25) is 0 Å². The molecule has 2 aromatic rings. The van der Waals surface area contributed by atoms with E-state index in [2.05, 4.69) is 10.1 Å². The molecular formula is C33H44F5NO12. The Bertz CT molecular complexity index is 1250. The molecule has 0 fully saturated rings. The molecule has 0 saturated carbocycles.